The van der Waals surface area contributed by atoms with Gasteiger partial charge in [0.15, 0.2) is 15.5 Å². The number of pyridine rings is 1. The quantitative estimate of drug-likeness (QED) is 0.803. The second-order valence-corrected chi connectivity index (χ2v) is 7.47. The van der Waals surface area contributed by atoms with Gasteiger partial charge in [0.25, 0.3) is 0 Å². The lowest BCUT2D eigenvalue weighted by Crippen LogP contribution is -2.46. The smallest absolute Gasteiger partial charge is 0.166 e. The molecule has 20 heavy (non-hydrogen) atoms. The van der Waals surface area contributed by atoms with E-state index in [4.69, 9.17) is 5.73 Å². The van der Waals surface area contributed by atoms with Gasteiger partial charge in [0, 0.05) is 13.1 Å². The number of anilines is 2. The molecule has 0 aliphatic carbocycles. The van der Waals surface area contributed by atoms with Crippen molar-refractivity contribution in [3.8, 4) is 0 Å². The number of nitrogens with two attached hydrogens (primary N) is 1. The van der Waals surface area contributed by atoms with E-state index in [1.165, 1.54) is 6.33 Å². The van der Waals surface area contributed by atoms with Gasteiger partial charge in [0.05, 0.1) is 16.4 Å². The van der Waals surface area contributed by atoms with Gasteiger partial charge in [-0.05, 0) is 19.1 Å². The van der Waals surface area contributed by atoms with Crippen LogP contribution >= 0.6 is 0 Å². The molecule has 3 rings (SSSR count). The summed E-state index contributed by atoms with van der Waals surface area (Å²) in [5.74, 6) is 1.25. The van der Waals surface area contributed by atoms with E-state index < -0.39 is 15.1 Å². The lowest BCUT2D eigenvalue weighted by atomic mass is 10.2. The molecule has 7 nitrogen and oxygen atoms in total. The zero-order valence-electron chi connectivity index (χ0n) is 11.0. The van der Waals surface area contributed by atoms with Crippen LogP contribution in [0, 0.1) is 0 Å². The van der Waals surface area contributed by atoms with E-state index in [1.807, 2.05) is 11.0 Å². The molecule has 3 heterocycles. The molecule has 106 valence electrons. The van der Waals surface area contributed by atoms with Crippen LogP contribution in [0.4, 0.5) is 11.6 Å². The van der Waals surface area contributed by atoms with Crippen molar-refractivity contribution in [2.75, 3.05) is 29.5 Å². The summed E-state index contributed by atoms with van der Waals surface area (Å²) < 4.78 is 23.6. The molecule has 8 heteroatoms. The molecular weight excluding hydrogens is 278 g/mol. The third-order valence-electron chi connectivity index (χ3n) is 3.53. The molecule has 1 atom stereocenters. The molecule has 1 aliphatic rings. The summed E-state index contributed by atoms with van der Waals surface area (Å²) in [6, 6.07) is 3.51. The fraction of sp³-hybridized carbons (Fsp3) is 0.417. The van der Waals surface area contributed by atoms with Crippen molar-refractivity contribution in [1.29, 1.82) is 0 Å². The van der Waals surface area contributed by atoms with E-state index in [0.717, 1.165) is 5.39 Å². The summed E-state index contributed by atoms with van der Waals surface area (Å²) in [6.07, 6.45) is 1.43. The van der Waals surface area contributed by atoms with Gasteiger partial charge >= 0.3 is 0 Å². The Morgan fingerprint density at radius 3 is 2.90 bits per heavy atom. The Bertz CT molecular complexity index is 762. The van der Waals surface area contributed by atoms with Crippen molar-refractivity contribution in [2.24, 2.45) is 0 Å². The fourth-order valence-electron chi connectivity index (χ4n) is 2.34. The zero-order valence-corrected chi connectivity index (χ0v) is 11.8. The maximum absolute atomic E-state index is 11.8. The number of rotatable bonds is 1. The van der Waals surface area contributed by atoms with Gasteiger partial charge in [-0.1, -0.05) is 0 Å². The molecule has 1 saturated heterocycles. The predicted molar refractivity (Wildman–Crippen MR) is 77.2 cm³/mol. The SMILES string of the molecule is CC1CN(c2ncnc3nc(N)ccc23)CCS1(=O)=O. The normalized spacial score (nSPS) is 22.1. The lowest BCUT2D eigenvalue weighted by molar-refractivity contribution is 0.569. The van der Waals surface area contributed by atoms with Crippen LogP contribution in [0.1, 0.15) is 6.92 Å². The Balaban J connectivity index is 2.03. The van der Waals surface area contributed by atoms with Gasteiger partial charge < -0.3 is 10.6 Å². The summed E-state index contributed by atoms with van der Waals surface area (Å²) >= 11 is 0. The van der Waals surface area contributed by atoms with Crippen LogP contribution in [-0.4, -0.2) is 47.5 Å². The number of hydrogen-bond acceptors (Lipinski definition) is 7. The van der Waals surface area contributed by atoms with Crippen molar-refractivity contribution < 1.29 is 8.42 Å². The van der Waals surface area contributed by atoms with Crippen LogP contribution in [0.3, 0.4) is 0 Å². The van der Waals surface area contributed by atoms with Crippen molar-refractivity contribution in [3.63, 3.8) is 0 Å². The Morgan fingerprint density at radius 2 is 2.15 bits per heavy atom. The first kappa shape index (κ1) is 13.0. The molecule has 0 spiro atoms. The molecule has 0 amide bonds. The molecule has 0 radical (unpaired) electrons. The Kier molecular flexibility index (Phi) is 2.97. The van der Waals surface area contributed by atoms with Gasteiger partial charge in [-0.25, -0.2) is 23.4 Å². The summed E-state index contributed by atoms with van der Waals surface area (Å²) in [6.45, 7) is 2.59. The largest absolute Gasteiger partial charge is 0.384 e. The highest BCUT2D eigenvalue weighted by Gasteiger charge is 2.30. The van der Waals surface area contributed by atoms with Gasteiger partial charge in [-0.3, -0.25) is 0 Å². The van der Waals surface area contributed by atoms with Crippen molar-refractivity contribution in [1.82, 2.24) is 15.0 Å². The van der Waals surface area contributed by atoms with Crippen molar-refractivity contribution in [3.05, 3.63) is 18.5 Å². The average molecular weight is 293 g/mol. The third kappa shape index (κ3) is 2.15. The predicted octanol–water partition coefficient (Wildman–Crippen LogP) is 0.230. The molecule has 1 fully saturated rings. The van der Waals surface area contributed by atoms with Crippen LogP contribution in [-0.2, 0) is 9.84 Å². The van der Waals surface area contributed by atoms with Crippen molar-refractivity contribution >= 4 is 32.5 Å². The number of nitrogen functional groups attached to an aromatic ring is 1. The molecule has 0 saturated carbocycles. The van der Waals surface area contributed by atoms with Crippen LogP contribution in [0.15, 0.2) is 18.5 Å². The fourth-order valence-corrected chi connectivity index (χ4v) is 3.63. The Labute approximate surface area is 116 Å². The van der Waals surface area contributed by atoms with Gasteiger partial charge in [0.1, 0.15) is 18.0 Å². The molecule has 2 N–H and O–H groups in total. The highest BCUT2D eigenvalue weighted by Crippen LogP contribution is 2.25. The molecule has 1 aliphatic heterocycles. The van der Waals surface area contributed by atoms with Crippen molar-refractivity contribution in [2.45, 2.75) is 12.2 Å². The molecule has 0 bridgehead atoms. The summed E-state index contributed by atoms with van der Waals surface area (Å²) in [4.78, 5) is 14.5. The highest BCUT2D eigenvalue weighted by molar-refractivity contribution is 7.92. The summed E-state index contributed by atoms with van der Waals surface area (Å²) in [7, 11) is -2.98. The topological polar surface area (TPSA) is 102 Å². The summed E-state index contributed by atoms with van der Waals surface area (Å²) in [5, 5.41) is 0.385. The first-order valence-corrected chi connectivity index (χ1v) is 8.02. The molecule has 2 aromatic rings. The number of nitrogens with zero attached hydrogens (tertiary/aromatic N) is 4. The minimum absolute atomic E-state index is 0.141. The monoisotopic (exact) mass is 293 g/mol. The number of fused-ring (bicyclic) bond motifs is 1. The number of sulfone groups is 1. The highest BCUT2D eigenvalue weighted by atomic mass is 32.2. The maximum Gasteiger partial charge on any atom is 0.166 e. The Morgan fingerprint density at radius 1 is 1.35 bits per heavy atom. The van der Waals surface area contributed by atoms with E-state index in [9.17, 15) is 8.42 Å². The van der Waals surface area contributed by atoms with E-state index >= 15 is 0 Å². The van der Waals surface area contributed by atoms with Crippen LogP contribution in [0.25, 0.3) is 11.0 Å². The zero-order chi connectivity index (χ0) is 14.3. The van der Waals surface area contributed by atoms with E-state index in [1.54, 1.807) is 13.0 Å². The molecule has 1 unspecified atom stereocenters. The number of aromatic nitrogens is 3. The minimum atomic E-state index is -2.98. The molecule has 2 aromatic heterocycles. The van der Waals surface area contributed by atoms with E-state index in [0.29, 0.717) is 30.4 Å². The molecular formula is C12H15N5O2S. The van der Waals surface area contributed by atoms with E-state index in [-0.39, 0.29) is 5.75 Å². The maximum atomic E-state index is 11.8. The minimum Gasteiger partial charge on any atom is -0.384 e. The Hall–Kier alpha value is -1.96. The van der Waals surface area contributed by atoms with Gasteiger partial charge in [0.2, 0.25) is 0 Å². The van der Waals surface area contributed by atoms with Gasteiger partial charge in [-0.2, -0.15) is 0 Å². The van der Waals surface area contributed by atoms with E-state index in [2.05, 4.69) is 15.0 Å². The molecule has 0 aromatic carbocycles. The second kappa shape index (κ2) is 4.55. The third-order valence-corrected chi connectivity index (χ3v) is 5.66. The van der Waals surface area contributed by atoms with Crippen LogP contribution in [0.2, 0.25) is 0 Å². The summed E-state index contributed by atoms with van der Waals surface area (Å²) in [5.41, 5.74) is 6.17. The van der Waals surface area contributed by atoms with Crippen LogP contribution < -0.4 is 10.6 Å². The first-order chi connectivity index (χ1) is 9.47. The lowest BCUT2D eigenvalue weighted by Gasteiger charge is -2.32. The standard InChI is InChI=1S/C12H15N5O2S/c1-8-6-17(4-5-20(8,18)19)12-9-2-3-10(13)16-11(9)14-7-15-12/h2-3,7-8H,4-6H2,1H3,(H2,13,14,15,16). The average Bonchev–Trinajstić information content (AvgIpc) is 2.41. The van der Waals surface area contributed by atoms with Gasteiger partial charge in [-0.15, -0.1) is 0 Å². The first-order valence-electron chi connectivity index (χ1n) is 6.31. The number of hydrogen-bond donors (Lipinski definition) is 1. The van der Waals surface area contributed by atoms with Crippen LogP contribution in [0.5, 0.6) is 0 Å². The second-order valence-electron chi connectivity index (χ2n) is 4.93.